The van der Waals surface area contributed by atoms with Crippen molar-refractivity contribution >= 4 is 35.3 Å². The Kier molecular flexibility index (Phi) is 9.80. The summed E-state index contributed by atoms with van der Waals surface area (Å²) in [5.41, 5.74) is -0.698. The number of methoxy groups -OCH3 is 2. The molecule has 3 aliphatic heterocycles. The second kappa shape index (κ2) is 12.9. The zero-order valence-electron chi connectivity index (χ0n) is 25.6. The third-order valence-electron chi connectivity index (χ3n) is 8.25. The molecular formula is C31H41ClN2O9. The van der Waals surface area contributed by atoms with Crippen LogP contribution < -0.4 is 15.4 Å². The van der Waals surface area contributed by atoms with Crippen molar-refractivity contribution in [1.82, 2.24) is 5.32 Å². The first-order chi connectivity index (χ1) is 20.2. The number of rotatable bonds is 4. The van der Waals surface area contributed by atoms with E-state index >= 15 is 0 Å². The van der Waals surface area contributed by atoms with Gasteiger partial charge in [0.25, 0.3) is 0 Å². The average molecular weight is 621 g/mol. The highest BCUT2D eigenvalue weighted by Crippen LogP contribution is 2.49. The lowest BCUT2D eigenvalue weighted by Gasteiger charge is -2.42. The van der Waals surface area contributed by atoms with Crippen LogP contribution in [0.25, 0.3) is 0 Å². The van der Waals surface area contributed by atoms with Crippen LogP contribution in [-0.2, 0) is 35.0 Å². The van der Waals surface area contributed by atoms with E-state index in [2.05, 4.69) is 10.6 Å². The van der Waals surface area contributed by atoms with Gasteiger partial charge in [0.2, 0.25) is 5.91 Å². The number of halogens is 1. The molecule has 0 aliphatic carbocycles. The number of hydrogen-bond donors (Lipinski definition) is 3. The maximum absolute atomic E-state index is 13.4. The van der Waals surface area contributed by atoms with E-state index in [0.29, 0.717) is 17.9 Å². The van der Waals surface area contributed by atoms with Crippen LogP contribution >= 0.6 is 11.6 Å². The van der Waals surface area contributed by atoms with Gasteiger partial charge in [0.05, 0.1) is 31.2 Å². The molecular weight excluding hydrogens is 580 g/mol. The Balaban J connectivity index is 1.76. The van der Waals surface area contributed by atoms with Crippen LogP contribution in [0.5, 0.6) is 5.75 Å². The molecule has 12 heteroatoms. The van der Waals surface area contributed by atoms with Crippen molar-refractivity contribution in [3.8, 4) is 5.75 Å². The number of aliphatic hydroxyl groups is 1. The summed E-state index contributed by atoms with van der Waals surface area (Å²) < 4.78 is 28.6. The number of alkyl carbamates (subject to hydrolysis) is 1. The molecule has 7 atom stereocenters. The van der Waals surface area contributed by atoms with Crippen LogP contribution in [0.4, 0.5) is 10.5 Å². The Morgan fingerprint density at radius 1 is 1.23 bits per heavy atom. The maximum atomic E-state index is 13.4. The second-order valence-electron chi connectivity index (χ2n) is 12.0. The lowest BCUT2D eigenvalue weighted by Crippen LogP contribution is -2.63. The van der Waals surface area contributed by atoms with Gasteiger partial charge in [-0.05, 0) is 38.0 Å². The quantitative estimate of drug-likeness (QED) is 0.331. The Morgan fingerprint density at radius 2 is 1.95 bits per heavy atom. The van der Waals surface area contributed by atoms with Gasteiger partial charge in [0.15, 0.2) is 5.72 Å². The molecule has 236 valence electrons. The van der Waals surface area contributed by atoms with Gasteiger partial charge in [0.1, 0.15) is 34.7 Å². The number of anilines is 1. The number of allylic oxidation sites excluding steroid dienone is 3. The monoisotopic (exact) mass is 620 g/mol. The van der Waals surface area contributed by atoms with E-state index in [-0.39, 0.29) is 17.9 Å². The number of carbonyl (C=O) groups is 3. The predicted octanol–water partition coefficient (Wildman–Crippen LogP) is 4.30. The van der Waals surface area contributed by atoms with Gasteiger partial charge >= 0.3 is 12.1 Å². The van der Waals surface area contributed by atoms with Crippen molar-refractivity contribution < 1.29 is 43.2 Å². The molecule has 2 saturated heterocycles. The molecule has 3 heterocycles. The number of fused-ring (bicyclic) bond motifs is 5. The molecule has 2 fully saturated rings. The van der Waals surface area contributed by atoms with E-state index in [1.165, 1.54) is 14.2 Å². The molecule has 1 aromatic carbocycles. The molecule has 0 radical (unpaired) electrons. The summed E-state index contributed by atoms with van der Waals surface area (Å²) in [4.78, 5) is 38.8. The first kappa shape index (κ1) is 32.8. The van der Waals surface area contributed by atoms with Crippen LogP contribution in [0, 0.1) is 11.8 Å². The van der Waals surface area contributed by atoms with Crippen molar-refractivity contribution in [2.45, 2.75) is 89.6 Å². The van der Waals surface area contributed by atoms with Gasteiger partial charge in [-0.15, -0.1) is 0 Å². The van der Waals surface area contributed by atoms with E-state index in [9.17, 15) is 19.5 Å². The fraction of sp³-hybridized carbons (Fsp3) is 0.581. The highest BCUT2D eigenvalue weighted by atomic mass is 35.5. The summed E-state index contributed by atoms with van der Waals surface area (Å²) >= 11 is 6.57. The lowest BCUT2D eigenvalue weighted by atomic mass is 9.83. The minimum absolute atomic E-state index is 0.00243. The predicted molar refractivity (Wildman–Crippen MR) is 159 cm³/mol. The number of benzene rings is 1. The van der Waals surface area contributed by atoms with Crippen LogP contribution in [0.3, 0.4) is 0 Å². The third kappa shape index (κ3) is 7.17. The summed E-state index contributed by atoms with van der Waals surface area (Å²) in [6.45, 7) is 8.91. The summed E-state index contributed by atoms with van der Waals surface area (Å²) in [7, 11) is 2.94. The minimum Gasteiger partial charge on any atom is -0.495 e. The zero-order chi connectivity index (χ0) is 31.7. The first-order valence-corrected chi connectivity index (χ1v) is 14.7. The Morgan fingerprint density at radius 3 is 2.60 bits per heavy atom. The second-order valence-corrected chi connectivity index (χ2v) is 12.4. The molecule has 2 amide bonds. The van der Waals surface area contributed by atoms with Crippen LogP contribution in [0.15, 0.2) is 35.9 Å². The molecule has 4 bridgehead atoms. The van der Waals surface area contributed by atoms with E-state index in [0.717, 1.165) is 11.1 Å². The first-order valence-electron chi connectivity index (χ1n) is 14.3. The number of esters is 1. The van der Waals surface area contributed by atoms with Crippen molar-refractivity contribution in [2.75, 3.05) is 19.5 Å². The molecule has 0 aromatic heterocycles. The van der Waals surface area contributed by atoms with Gasteiger partial charge in [-0.3, -0.25) is 14.9 Å². The molecule has 11 nitrogen and oxygen atoms in total. The van der Waals surface area contributed by atoms with E-state index in [4.69, 9.17) is 35.3 Å². The standard InChI is InChI=1S/C31H41ClN2O9/c1-16(2)28(36)42-24-14-25(35)33-20-12-19(13-21(39-6)26(20)32)11-17(3)9-8-10-23(40-7)31(38)15-22(41-29(37)34-31)18(4)27-30(24,5)43-27/h8-10,12-13,16,18,22-24,27,38H,11,14-15H2,1-7H3,(H,33,35)(H,34,37)/b10-8+,17-9+. The highest BCUT2D eigenvalue weighted by Gasteiger charge is 2.64. The normalized spacial score (nSPS) is 34.9. The molecule has 7 unspecified atom stereocenters. The summed E-state index contributed by atoms with van der Waals surface area (Å²) in [5, 5.41) is 17.2. The molecule has 0 saturated carbocycles. The van der Waals surface area contributed by atoms with Crippen LogP contribution in [0.2, 0.25) is 5.02 Å². The smallest absolute Gasteiger partial charge is 0.409 e. The SMILES string of the molecule is COc1cc2cc(c1Cl)NC(=O)CC(OC(=O)C(C)C)C1(C)OC1C(C)C1CC(O)(NC(=O)O1)C(OC)/C=C/C=C(\C)C2. The van der Waals surface area contributed by atoms with Crippen LogP contribution in [0.1, 0.15) is 53.0 Å². The van der Waals surface area contributed by atoms with E-state index in [1.54, 1.807) is 45.1 Å². The number of amides is 2. The Hall–Kier alpha value is -3.12. The van der Waals surface area contributed by atoms with Crippen molar-refractivity contribution in [3.63, 3.8) is 0 Å². The van der Waals surface area contributed by atoms with E-state index in [1.807, 2.05) is 19.9 Å². The fourth-order valence-corrected chi connectivity index (χ4v) is 5.92. The largest absolute Gasteiger partial charge is 0.495 e. The molecule has 4 rings (SSSR count). The van der Waals surface area contributed by atoms with E-state index < -0.39 is 65.5 Å². The summed E-state index contributed by atoms with van der Waals surface area (Å²) in [6.07, 6.45) is 1.59. The van der Waals surface area contributed by atoms with Gasteiger partial charge in [-0.25, -0.2) is 4.79 Å². The minimum atomic E-state index is -1.77. The molecule has 3 N–H and O–H groups in total. The Labute approximate surface area is 256 Å². The zero-order valence-corrected chi connectivity index (χ0v) is 26.3. The highest BCUT2D eigenvalue weighted by molar-refractivity contribution is 6.35. The number of ether oxygens (including phenoxy) is 5. The molecule has 3 aliphatic rings. The topological polar surface area (TPSA) is 145 Å². The van der Waals surface area contributed by atoms with Crippen LogP contribution in [-0.4, -0.2) is 73.0 Å². The van der Waals surface area contributed by atoms with Crippen molar-refractivity contribution in [2.24, 2.45) is 11.8 Å². The maximum Gasteiger partial charge on any atom is 0.409 e. The lowest BCUT2D eigenvalue weighted by molar-refractivity contribution is -0.157. The number of carbonyl (C=O) groups excluding carboxylic acids is 3. The van der Waals surface area contributed by atoms with Crippen molar-refractivity contribution in [1.29, 1.82) is 0 Å². The Bertz CT molecular complexity index is 1310. The van der Waals surface area contributed by atoms with Gasteiger partial charge < -0.3 is 34.1 Å². The average Bonchev–Trinajstić information content (AvgIpc) is 3.63. The number of epoxide rings is 1. The van der Waals surface area contributed by atoms with Gasteiger partial charge in [-0.2, -0.15) is 0 Å². The third-order valence-corrected chi connectivity index (χ3v) is 8.64. The number of nitrogens with one attached hydrogen (secondary N) is 2. The molecule has 1 aromatic rings. The van der Waals surface area contributed by atoms with Gasteiger partial charge in [-0.1, -0.05) is 56.2 Å². The van der Waals surface area contributed by atoms with Gasteiger partial charge in [0, 0.05) is 19.4 Å². The summed E-state index contributed by atoms with van der Waals surface area (Å²) in [6, 6.07) is 3.56. The summed E-state index contributed by atoms with van der Waals surface area (Å²) in [5.74, 6) is -1.41. The van der Waals surface area contributed by atoms with Crippen molar-refractivity contribution in [3.05, 3.63) is 46.5 Å². The molecule has 0 spiro atoms. The number of hydrogen-bond acceptors (Lipinski definition) is 9. The fourth-order valence-electron chi connectivity index (χ4n) is 5.68. The molecule has 43 heavy (non-hydrogen) atoms.